The van der Waals surface area contributed by atoms with Gasteiger partial charge in [-0.1, -0.05) is 6.07 Å². The number of piperidine rings is 1. The van der Waals surface area contributed by atoms with Crippen LogP contribution in [0.1, 0.15) is 30.1 Å². The van der Waals surface area contributed by atoms with Crippen molar-refractivity contribution >= 4 is 5.91 Å². The van der Waals surface area contributed by atoms with Crippen molar-refractivity contribution in [1.82, 2.24) is 4.90 Å². The van der Waals surface area contributed by atoms with Crippen molar-refractivity contribution in [3.63, 3.8) is 0 Å². The third-order valence-electron chi connectivity index (χ3n) is 3.76. The molecule has 1 heterocycles. The molecule has 1 aliphatic heterocycles. The normalized spacial score (nSPS) is 17.7. The van der Waals surface area contributed by atoms with Crippen LogP contribution in [0, 0.1) is 0 Å². The van der Waals surface area contributed by atoms with E-state index in [9.17, 15) is 9.90 Å². The second kappa shape index (κ2) is 5.71. The number of likely N-dealkylation sites (tertiary alicyclic amines) is 1. The molecule has 5 nitrogen and oxygen atoms in total. The summed E-state index contributed by atoms with van der Waals surface area (Å²) in [5.74, 6) is 0.913. The third kappa shape index (κ3) is 2.88. The SMILES string of the molecule is COc1cccc(C(=O)N2CCC(C)(O)CC2)c1OC. The number of hydrogen-bond donors (Lipinski definition) is 1. The average molecular weight is 279 g/mol. The molecule has 110 valence electrons. The maximum atomic E-state index is 12.6. The lowest BCUT2D eigenvalue weighted by Crippen LogP contribution is -2.45. The Bertz CT molecular complexity index is 489. The largest absolute Gasteiger partial charge is 0.493 e. The lowest BCUT2D eigenvalue weighted by atomic mass is 9.93. The van der Waals surface area contributed by atoms with E-state index >= 15 is 0 Å². The van der Waals surface area contributed by atoms with E-state index in [4.69, 9.17) is 9.47 Å². The van der Waals surface area contributed by atoms with Gasteiger partial charge in [0.15, 0.2) is 11.5 Å². The summed E-state index contributed by atoms with van der Waals surface area (Å²) < 4.78 is 10.5. The summed E-state index contributed by atoms with van der Waals surface area (Å²) in [6.07, 6.45) is 1.18. The van der Waals surface area contributed by atoms with Crippen molar-refractivity contribution in [2.24, 2.45) is 0 Å². The molecule has 0 atom stereocenters. The first kappa shape index (κ1) is 14.7. The molecule has 5 heteroatoms. The van der Waals surface area contributed by atoms with Crippen LogP contribution < -0.4 is 9.47 Å². The van der Waals surface area contributed by atoms with E-state index in [-0.39, 0.29) is 5.91 Å². The van der Waals surface area contributed by atoms with E-state index < -0.39 is 5.60 Å². The molecule has 20 heavy (non-hydrogen) atoms. The van der Waals surface area contributed by atoms with Gasteiger partial charge in [-0.3, -0.25) is 4.79 Å². The predicted octanol–water partition coefficient (Wildman–Crippen LogP) is 1.69. The zero-order valence-corrected chi connectivity index (χ0v) is 12.2. The van der Waals surface area contributed by atoms with Gasteiger partial charge in [-0.15, -0.1) is 0 Å². The molecule has 0 saturated carbocycles. The van der Waals surface area contributed by atoms with Crippen LogP contribution in [0.5, 0.6) is 11.5 Å². The van der Waals surface area contributed by atoms with Crippen LogP contribution in [-0.4, -0.2) is 48.8 Å². The number of ether oxygens (including phenoxy) is 2. The van der Waals surface area contributed by atoms with Gasteiger partial charge in [-0.05, 0) is 31.9 Å². The van der Waals surface area contributed by atoms with Gasteiger partial charge in [-0.25, -0.2) is 0 Å². The molecule has 0 unspecified atom stereocenters. The zero-order chi connectivity index (χ0) is 14.8. The van der Waals surface area contributed by atoms with Crippen molar-refractivity contribution in [2.45, 2.75) is 25.4 Å². The van der Waals surface area contributed by atoms with Crippen LogP contribution in [0.4, 0.5) is 0 Å². The van der Waals surface area contributed by atoms with Gasteiger partial charge in [-0.2, -0.15) is 0 Å². The molecule has 0 aromatic heterocycles. The first-order valence-electron chi connectivity index (χ1n) is 6.71. The van der Waals surface area contributed by atoms with E-state index in [2.05, 4.69) is 0 Å². The van der Waals surface area contributed by atoms with Crippen LogP contribution in [-0.2, 0) is 0 Å². The third-order valence-corrected chi connectivity index (χ3v) is 3.76. The molecular weight excluding hydrogens is 258 g/mol. The summed E-state index contributed by atoms with van der Waals surface area (Å²) in [4.78, 5) is 14.3. The lowest BCUT2D eigenvalue weighted by Gasteiger charge is -2.36. The average Bonchev–Trinajstić information content (AvgIpc) is 2.45. The number of methoxy groups -OCH3 is 2. The molecule has 1 N–H and O–H groups in total. The Balaban J connectivity index is 2.22. The molecule has 1 saturated heterocycles. The minimum absolute atomic E-state index is 0.0868. The highest BCUT2D eigenvalue weighted by molar-refractivity contribution is 5.97. The zero-order valence-electron chi connectivity index (χ0n) is 12.2. The Morgan fingerprint density at radius 1 is 1.25 bits per heavy atom. The second-order valence-electron chi connectivity index (χ2n) is 5.33. The second-order valence-corrected chi connectivity index (χ2v) is 5.33. The van der Waals surface area contributed by atoms with Gasteiger partial charge in [0.05, 0.1) is 25.4 Å². The Hall–Kier alpha value is -1.75. The standard InChI is InChI=1S/C15H21NO4/c1-15(18)7-9-16(10-8-15)14(17)11-5-4-6-12(19-2)13(11)20-3/h4-6,18H,7-10H2,1-3H3. The van der Waals surface area contributed by atoms with Crippen molar-refractivity contribution in [3.8, 4) is 11.5 Å². The number of carbonyl (C=O) groups is 1. The highest BCUT2D eigenvalue weighted by Crippen LogP contribution is 2.32. The Labute approximate surface area is 119 Å². The van der Waals surface area contributed by atoms with E-state index in [0.717, 1.165) is 0 Å². The minimum Gasteiger partial charge on any atom is -0.493 e. The number of aliphatic hydroxyl groups is 1. The number of nitrogens with zero attached hydrogens (tertiary/aromatic N) is 1. The molecule has 0 bridgehead atoms. The smallest absolute Gasteiger partial charge is 0.257 e. The molecule has 0 radical (unpaired) electrons. The molecule has 1 fully saturated rings. The fourth-order valence-corrected chi connectivity index (χ4v) is 2.42. The molecule has 0 spiro atoms. The first-order valence-corrected chi connectivity index (χ1v) is 6.71. The Morgan fingerprint density at radius 2 is 1.90 bits per heavy atom. The van der Waals surface area contributed by atoms with Gasteiger partial charge < -0.3 is 19.5 Å². The van der Waals surface area contributed by atoms with Gasteiger partial charge >= 0.3 is 0 Å². The maximum absolute atomic E-state index is 12.6. The van der Waals surface area contributed by atoms with E-state index in [1.54, 1.807) is 37.1 Å². The van der Waals surface area contributed by atoms with Gasteiger partial charge in [0.25, 0.3) is 5.91 Å². The van der Waals surface area contributed by atoms with Crippen LogP contribution >= 0.6 is 0 Å². The molecule has 1 amide bonds. The molecule has 1 aliphatic rings. The Morgan fingerprint density at radius 3 is 2.45 bits per heavy atom. The number of rotatable bonds is 3. The number of benzene rings is 1. The van der Waals surface area contributed by atoms with E-state index in [0.29, 0.717) is 43.0 Å². The van der Waals surface area contributed by atoms with Crippen LogP contribution in [0.15, 0.2) is 18.2 Å². The molecule has 2 rings (SSSR count). The van der Waals surface area contributed by atoms with Crippen molar-refractivity contribution in [2.75, 3.05) is 27.3 Å². The van der Waals surface area contributed by atoms with Gasteiger partial charge in [0.2, 0.25) is 0 Å². The number of para-hydroxylation sites is 1. The topological polar surface area (TPSA) is 59.0 Å². The van der Waals surface area contributed by atoms with E-state index in [1.165, 1.54) is 7.11 Å². The van der Waals surface area contributed by atoms with Crippen molar-refractivity contribution in [3.05, 3.63) is 23.8 Å². The van der Waals surface area contributed by atoms with Crippen LogP contribution in [0.3, 0.4) is 0 Å². The number of amides is 1. The monoisotopic (exact) mass is 279 g/mol. The molecule has 0 aliphatic carbocycles. The molecule has 1 aromatic rings. The lowest BCUT2D eigenvalue weighted by molar-refractivity contribution is -0.00210. The quantitative estimate of drug-likeness (QED) is 0.914. The van der Waals surface area contributed by atoms with Gasteiger partial charge in [0.1, 0.15) is 0 Å². The minimum atomic E-state index is -0.671. The number of hydrogen-bond acceptors (Lipinski definition) is 4. The maximum Gasteiger partial charge on any atom is 0.257 e. The van der Waals surface area contributed by atoms with Crippen molar-refractivity contribution < 1.29 is 19.4 Å². The van der Waals surface area contributed by atoms with E-state index in [1.807, 2.05) is 0 Å². The highest BCUT2D eigenvalue weighted by atomic mass is 16.5. The van der Waals surface area contributed by atoms with Crippen LogP contribution in [0.2, 0.25) is 0 Å². The first-order chi connectivity index (χ1) is 9.48. The Kier molecular flexibility index (Phi) is 4.18. The summed E-state index contributed by atoms with van der Waals surface area (Å²) >= 11 is 0. The predicted molar refractivity (Wildman–Crippen MR) is 75.3 cm³/mol. The number of carbonyl (C=O) groups excluding carboxylic acids is 1. The highest BCUT2D eigenvalue weighted by Gasteiger charge is 2.31. The summed E-state index contributed by atoms with van der Waals surface area (Å²) in [5, 5.41) is 9.94. The molecular formula is C15H21NO4. The molecule has 1 aromatic carbocycles. The fraction of sp³-hybridized carbons (Fsp3) is 0.533. The fourth-order valence-electron chi connectivity index (χ4n) is 2.42. The van der Waals surface area contributed by atoms with Crippen LogP contribution in [0.25, 0.3) is 0 Å². The summed E-state index contributed by atoms with van der Waals surface area (Å²) in [6.45, 7) is 2.90. The summed E-state index contributed by atoms with van der Waals surface area (Å²) in [5.41, 5.74) is -0.178. The van der Waals surface area contributed by atoms with Crippen molar-refractivity contribution in [1.29, 1.82) is 0 Å². The van der Waals surface area contributed by atoms with Gasteiger partial charge in [0, 0.05) is 13.1 Å². The summed E-state index contributed by atoms with van der Waals surface area (Å²) in [6, 6.07) is 5.27. The summed E-state index contributed by atoms with van der Waals surface area (Å²) in [7, 11) is 3.07.